The zero-order valence-corrected chi connectivity index (χ0v) is 16.0. The number of aryl methyl sites for hydroxylation is 3. The Morgan fingerprint density at radius 1 is 1.08 bits per heavy atom. The summed E-state index contributed by atoms with van der Waals surface area (Å²) in [6.07, 6.45) is 0.258. The topological polar surface area (TPSA) is 51.2 Å². The van der Waals surface area contributed by atoms with Crippen LogP contribution >= 0.6 is 11.3 Å². The van der Waals surface area contributed by atoms with Gasteiger partial charge in [0.1, 0.15) is 17.4 Å². The van der Waals surface area contributed by atoms with Gasteiger partial charge >= 0.3 is 0 Å². The van der Waals surface area contributed by atoms with E-state index in [1.165, 1.54) is 22.5 Å². The summed E-state index contributed by atoms with van der Waals surface area (Å²) in [5, 5.41) is 5.70. The molecule has 0 aliphatic rings. The normalized spacial score (nSPS) is 10.6. The maximum absolute atomic E-state index is 12.2. The second-order valence-electron chi connectivity index (χ2n) is 6.36. The molecule has 1 aromatic heterocycles. The second kappa shape index (κ2) is 8.15. The monoisotopic (exact) mass is 366 g/mol. The Kier molecular flexibility index (Phi) is 5.68. The molecule has 0 aliphatic heterocycles. The lowest BCUT2D eigenvalue weighted by Gasteiger charge is -2.07. The number of carbonyl (C=O) groups is 1. The fourth-order valence-corrected chi connectivity index (χ4v) is 3.17. The van der Waals surface area contributed by atoms with Crippen LogP contribution in [-0.4, -0.2) is 10.9 Å². The summed E-state index contributed by atoms with van der Waals surface area (Å²) in [6.45, 7) is 6.54. The van der Waals surface area contributed by atoms with Crippen molar-refractivity contribution in [3.8, 4) is 5.75 Å². The number of aromatic nitrogens is 1. The number of nitrogens with one attached hydrogen (secondary N) is 1. The molecule has 0 saturated carbocycles. The quantitative estimate of drug-likeness (QED) is 0.680. The minimum atomic E-state index is -0.0652. The van der Waals surface area contributed by atoms with Crippen LogP contribution in [0.15, 0.2) is 47.8 Å². The third-order valence-corrected chi connectivity index (χ3v) is 4.99. The van der Waals surface area contributed by atoms with Gasteiger partial charge in [0.05, 0.1) is 12.1 Å². The summed E-state index contributed by atoms with van der Waals surface area (Å²) in [5.41, 5.74) is 5.14. The van der Waals surface area contributed by atoms with E-state index in [0.717, 1.165) is 27.7 Å². The smallest absolute Gasteiger partial charge is 0.230 e. The summed E-state index contributed by atoms with van der Waals surface area (Å²) in [4.78, 5) is 16.7. The molecular weight excluding hydrogens is 344 g/mol. The van der Waals surface area contributed by atoms with Crippen LogP contribution in [0.2, 0.25) is 0 Å². The summed E-state index contributed by atoms with van der Waals surface area (Å²) in [5.74, 6) is 0.754. The van der Waals surface area contributed by atoms with Gasteiger partial charge in [-0.25, -0.2) is 4.98 Å². The number of benzene rings is 2. The first kappa shape index (κ1) is 18.1. The Bertz CT molecular complexity index is 901. The van der Waals surface area contributed by atoms with Crippen LogP contribution in [-0.2, 0) is 17.8 Å². The molecule has 2 aromatic carbocycles. The van der Waals surface area contributed by atoms with Gasteiger partial charge in [0, 0.05) is 11.1 Å². The molecule has 134 valence electrons. The van der Waals surface area contributed by atoms with E-state index in [0.29, 0.717) is 6.61 Å². The Morgan fingerprint density at radius 2 is 1.85 bits per heavy atom. The van der Waals surface area contributed by atoms with Crippen LogP contribution in [0.4, 0.5) is 5.69 Å². The number of anilines is 1. The SMILES string of the molecule is Cc1ccc(OCc2nc(CC(=O)Nc3ccc(C)c(C)c3)cs2)cc1. The third kappa shape index (κ3) is 4.92. The summed E-state index contributed by atoms with van der Waals surface area (Å²) < 4.78 is 5.73. The number of nitrogens with zero attached hydrogens (tertiary/aromatic N) is 1. The van der Waals surface area contributed by atoms with E-state index in [4.69, 9.17) is 4.74 Å². The number of hydrogen-bond acceptors (Lipinski definition) is 4. The van der Waals surface area contributed by atoms with Crippen LogP contribution in [0.1, 0.15) is 27.4 Å². The fraction of sp³-hybridized carbons (Fsp3) is 0.238. The van der Waals surface area contributed by atoms with Crippen LogP contribution in [0, 0.1) is 20.8 Å². The van der Waals surface area contributed by atoms with E-state index in [9.17, 15) is 4.79 Å². The van der Waals surface area contributed by atoms with Gasteiger partial charge in [-0.15, -0.1) is 11.3 Å². The molecule has 4 nitrogen and oxygen atoms in total. The first-order valence-corrected chi connectivity index (χ1v) is 9.37. The molecule has 0 aliphatic carbocycles. The minimum absolute atomic E-state index is 0.0652. The van der Waals surface area contributed by atoms with Crippen molar-refractivity contribution in [1.29, 1.82) is 0 Å². The van der Waals surface area contributed by atoms with Crippen LogP contribution < -0.4 is 10.1 Å². The number of thiazole rings is 1. The lowest BCUT2D eigenvalue weighted by atomic mass is 10.1. The number of carbonyl (C=O) groups excluding carboxylic acids is 1. The van der Waals surface area contributed by atoms with E-state index < -0.39 is 0 Å². The Labute approximate surface area is 157 Å². The maximum atomic E-state index is 12.2. The van der Waals surface area contributed by atoms with Crippen molar-refractivity contribution in [2.24, 2.45) is 0 Å². The molecule has 0 radical (unpaired) electrons. The average molecular weight is 366 g/mol. The maximum Gasteiger partial charge on any atom is 0.230 e. The van der Waals surface area contributed by atoms with Gasteiger partial charge in [-0.3, -0.25) is 4.79 Å². The highest BCUT2D eigenvalue weighted by molar-refractivity contribution is 7.09. The molecule has 26 heavy (non-hydrogen) atoms. The van der Waals surface area contributed by atoms with Gasteiger partial charge in [-0.1, -0.05) is 23.8 Å². The number of ether oxygens (including phenoxy) is 1. The van der Waals surface area contributed by atoms with Crippen molar-refractivity contribution in [2.45, 2.75) is 33.8 Å². The third-order valence-electron chi connectivity index (χ3n) is 4.11. The van der Waals surface area contributed by atoms with Gasteiger partial charge in [0.25, 0.3) is 0 Å². The van der Waals surface area contributed by atoms with Crippen molar-refractivity contribution >= 4 is 22.9 Å². The summed E-state index contributed by atoms with van der Waals surface area (Å²) in [7, 11) is 0. The van der Waals surface area contributed by atoms with Crippen molar-refractivity contribution < 1.29 is 9.53 Å². The first-order valence-electron chi connectivity index (χ1n) is 8.49. The van der Waals surface area contributed by atoms with E-state index in [1.807, 2.05) is 61.7 Å². The molecule has 0 saturated heterocycles. The predicted octanol–water partition coefficient (Wildman–Crippen LogP) is 4.83. The van der Waals surface area contributed by atoms with Crippen molar-refractivity contribution in [3.05, 3.63) is 75.2 Å². The van der Waals surface area contributed by atoms with Crippen LogP contribution in [0.3, 0.4) is 0 Å². The van der Waals surface area contributed by atoms with Crippen molar-refractivity contribution in [3.63, 3.8) is 0 Å². The lowest BCUT2D eigenvalue weighted by Crippen LogP contribution is -2.14. The van der Waals surface area contributed by atoms with Crippen molar-refractivity contribution in [2.75, 3.05) is 5.32 Å². The predicted molar refractivity (Wildman–Crippen MR) is 106 cm³/mol. The highest BCUT2D eigenvalue weighted by atomic mass is 32.1. The average Bonchev–Trinajstić information content (AvgIpc) is 3.05. The molecule has 3 aromatic rings. The van der Waals surface area contributed by atoms with Gasteiger partial charge in [-0.05, 0) is 56.2 Å². The number of rotatable bonds is 6. The molecule has 0 fully saturated rings. The molecule has 0 atom stereocenters. The molecule has 3 rings (SSSR count). The molecule has 1 N–H and O–H groups in total. The fourth-order valence-electron chi connectivity index (χ4n) is 2.46. The van der Waals surface area contributed by atoms with E-state index in [2.05, 4.69) is 17.2 Å². The molecule has 1 heterocycles. The second-order valence-corrected chi connectivity index (χ2v) is 7.30. The first-order chi connectivity index (χ1) is 12.5. The van der Waals surface area contributed by atoms with E-state index in [1.54, 1.807) is 0 Å². The molecule has 0 unspecified atom stereocenters. The van der Waals surface area contributed by atoms with Gasteiger partial charge in [0.2, 0.25) is 5.91 Å². The molecule has 1 amide bonds. The largest absolute Gasteiger partial charge is 0.486 e. The highest BCUT2D eigenvalue weighted by Gasteiger charge is 2.09. The lowest BCUT2D eigenvalue weighted by molar-refractivity contribution is -0.115. The Hall–Kier alpha value is -2.66. The molecular formula is C21H22N2O2S. The van der Waals surface area contributed by atoms with Crippen LogP contribution in [0.5, 0.6) is 5.75 Å². The van der Waals surface area contributed by atoms with Crippen molar-refractivity contribution in [1.82, 2.24) is 4.98 Å². The zero-order valence-electron chi connectivity index (χ0n) is 15.2. The zero-order chi connectivity index (χ0) is 18.5. The number of hydrogen-bond donors (Lipinski definition) is 1. The van der Waals surface area contributed by atoms with Gasteiger partial charge in [-0.2, -0.15) is 0 Å². The molecule has 0 spiro atoms. The Balaban J connectivity index is 1.53. The highest BCUT2D eigenvalue weighted by Crippen LogP contribution is 2.17. The van der Waals surface area contributed by atoms with Gasteiger partial charge in [0.15, 0.2) is 0 Å². The minimum Gasteiger partial charge on any atom is -0.486 e. The van der Waals surface area contributed by atoms with E-state index in [-0.39, 0.29) is 12.3 Å². The van der Waals surface area contributed by atoms with Gasteiger partial charge < -0.3 is 10.1 Å². The molecule has 0 bridgehead atoms. The van der Waals surface area contributed by atoms with Crippen LogP contribution in [0.25, 0.3) is 0 Å². The standard InChI is InChI=1S/C21H22N2O2S/c1-14-4-8-19(9-5-14)25-12-21-23-18(13-26-21)11-20(24)22-17-7-6-15(2)16(3)10-17/h4-10,13H,11-12H2,1-3H3,(H,22,24). The number of amides is 1. The summed E-state index contributed by atoms with van der Waals surface area (Å²) >= 11 is 1.51. The van der Waals surface area contributed by atoms with E-state index >= 15 is 0 Å². The molecule has 5 heteroatoms. The summed E-state index contributed by atoms with van der Waals surface area (Å²) in [6, 6.07) is 13.8. The Morgan fingerprint density at radius 3 is 2.58 bits per heavy atom.